The lowest BCUT2D eigenvalue weighted by atomic mass is 9.90. The number of carbonyl (C=O) groups is 1. The Morgan fingerprint density at radius 1 is 1.19 bits per heavy atom. The fourth-order valence-electron chi connectivity index (χ4n) is 4.64. The topological polar surface area (TPSA) is 69.3 Å². The lowest BCUT2D eigenvalue weighted by Crippen LogP contribution is -2.42. The van der Waals surface area contributed by atoms with Gasteiger partial charge in [-0.05, 0) is 62.6 Å². The highest BCUT2D eigenvalue weighted by atomic mass is 16.5. The summed E-state index contributed by atoms with van der Waals surface area (Å²) in [5, 5.41) is 3.05. The minimum absolute atomic E-state index is 0.0668. The van der Waals surface area contributed by atoms with Crippen molar-refractivity contribution in [3.63, 3.8) is 0 Å². The summed E-state index contributed by atoms with van der Waals surface area (Å²) in [7, 11) is 4.94. The molecule has 1 atom stereocenters. The second kappa shape index (κ2) is 12.9. The molecule has 2 aliphatic heterocycles. The molecule has 2 aliphatic rings. The van der Waals surface area contributed by atoms with E-state index < -0.39 is 0 Å². The molecule has 2 aromatic rings. The fourth-order valence-corrected chi connectivity index (χ4v) is 4.64. The first-order valence-electron chi connectivity index (χ1n) is 12.4. The number of ether oxygens (including phenoxy) is 4. The molecule has 7 nitrogen and oxygen atoms in total. The van der Waals surface area contributed by atoms with Crippen LogP contribution in [0.4, 0.5) is 10.5 Å². The van der Waals surface area contributed by atoms with Gasteiger partial charge >= 0.3 is 6.03 Å². The fraction of sp³-hybridized carbons (Fsp3) is 0.414. The molecule has 0 spiro atoms. The van der Waals surface area contributed by atoms with Crippen molar-refractivity contribution in [2.75, 3.05) is 39.8 Å². The van der Waals surface area contributed by atoms with E-state index in [2.05, 4.69) is 18.3 Å². The van der Waals surface area contributed by atoms with E-state index in [1.165, 1.54) is 5.56 Å². The monoisotopic (exact) mass is 494 g/mol. The van der Waals surface area contributed by atoms with Gasteiger partial charge in [0.15, 0.2) is 0 Å². The van der Waals surface area contributed by atoms with Gasteiger partial charge in [-0.2, -0.15) is 0 Å². The van der Waals surface area contributed by atoms with Gasteiger partial charge in [0.1, 0.15) is 17.3 Å². The van der Waals surface area contributed by atoms with Gasteiger partial charge in [0, 0.05) is 35.8 Å². The summed E-state index contributed by atoms with van der Waals surface area (Å²) in [6.07, 6.45) is 6.64. The predicted molar refractivity (Wildman–Crippen MR) is 143 cm³/mol. The zero-order chi connectivity index (χ0) is 26.1. The van der Waals surface area contributed by atoms with Crippen LogP contribution in [0.2, 0.25) is 0 Å². The Hall–Kier alpha value is -3.61. The molecule has 4 rings (SSSR count). The highest BCUT2D eigenvalue weighted by Crippen LogP contribution is 2.41. The average Bonchev–Trinajstić information content (AvgIpc) is 3.39. The van der Waals surface area contributed by atoms with Gasteiger partial charge in [-0.15, -0.1) is 0 Å². The van der Waals surface area contributed by atoms with Crippen LogP contribution in [0.5, 0.6) is 11.5 Å². The third-order valence-electron chi connectivity index (χ3n) is 6.40. The lowest BCUT2D eigenvalue weighted by molar-refractivity contribution is 0.178. The number of rotatable bonds is 6. The lowest BCUT2D eigenvalue weighted by Gasteiger charge is -2.37. The molecule has 0 bridgehead atoms. The molecule has 0 radical (unpaired) electrons. The molecular formula is C29H38N2O5. The summed E-state index contributed by atoms with van der Waals surface area (Å²) in [5.41, 5.74) is 3.88. The van der Waals surface area contributed by atoms with Crippen molar-refractivity contribution in [2.45, 2.75) is 46.1 Å². The normalized spacial score (nSPS) is 16.6. The van der Waals surface area contributed by atoms with Gasteiger partial charge in [-0.25, -0.2) is 4.79 Å². The molecule has 2 heterocycles. The van der Waals surface area contributed by atoms with Gasteiger partial charge < -0.3 is 29.2 Å². The first-order chi connectivity index (χ1) is 17.4. The Morgan fingerprint density at radius 2 is 2.00 bits per heavy atom. The summed E-state index contributed by atoms with van der Waals surface area (Å²) in [6.45, 7) is 7.51. The van der Waals surface area contributed by atoms with E-state index in [9.17, 15) is 4.79 Å². The van der Waals surface area contributed by atoms with Crippen molar-refractivity contribution in [1.29, 1.82) is 0 Å². The standard InChI is InChI=1S/C24H30N2O4.C5H8O/c1-6-20-23-17(14-19(28-3)15-22(23)30-5)11-12-26(20)24(27)25-18-10-8-9-16(13-18)21(7-2)29-4;1-5-3-2-4-6-5/h7-10,13-15,20H,6,11-12H2,1-5H3,(H,25,27);3H,2,4H2,1H3/b21-7+;. The largest absolute Gasteiger partial charge is 0.498 e. The van der Waals surface area contributed by atoms with E-state index in [0.717, 1.165) is 65.7 Å². The van der Waals surface area contributed by atoms with Crippen LogP contribution in [-0.4, -0.2) is 45.4 Å². The Labute approximate surface area is 214 Å². The molecule has 1 unspecified atom stereocenters. The quantitative estimate of drug-likeness (QED) is 0.461. The number of urea groups is 1. The van der Waals surface area contributed by atoms with E-state index in [1.54, 1.807) is 21.3 Å². The average molecular weight is 495 g/mol. The molecule has 0 aromatic heterocycles. The Balaban J connectivity index is 0.000000526. The van der Waals surface area contributed by atoms with Crippen LogP contribution in [-0.2, 0) is 15.9 Å². The van der Waals surface area contributed by atoms with Crippen LogP contribution >= 0.6 is 0 Å². The maximum Gasteiger partial charge on any atom is 0.322 e. The molecule has 0 fully saturated rings. The second-order valence-electron chi connectivity index (χ2n) is 8.59. The van der Waals surface area contributed by atoms with Gasteiger partial charge in [0.25, 0.3) is 0 Å². The summed E-state index contributed by atoms with van der Waals surface area (Å²) >= 11 is 0. The molecule has 1 N–H and O–H groups in total. The van der Waals surface area contributed by atoms with Gasteiger partial charge in [0.05, 0.1) is 39.7 Å². The number of carbonyl (C=O) groups excluding carboxylic acids is 1. The predicted octanol–water partition coefficient (Wildman–Crippen LogP) is 6.56. The summed E-state index contributed by atoms with van der Waals surface area (Å²) in [5.74, 6) is 3.37. The number of anilines is 1. The maximum absolute atomic E-state index is 13.2. The van der Waals surface area contributed by atoms with Crippen molar-refractivity contribution < 1.29 is 23.7 Å². The van der Waals surface area contributed by atoms with E-state index in [0.29, 0.717) is 6.54 Å². The van der Waals surface area contributed by atoms with Gasteiger partial charge in [0.2, 0.25) is 0 Å². The van der Waals surface area contributed by atoms with Crippen molar-refractivity contribution in [3.8, 4) is 11.5 Å². The van der Waals surface area contributed by atoms with E-state index in [1.807, 2.05) is 61.2 Å². The van der Waals surface area contributed by atoms with Crippen LogP contribution in [0, 0.1) is 0 Å². The molecule has 0 saturated carbocycles. The van der Waals surface area contributed by atoms with E-state index in [-0.39, 0.29) is 12.1 Å². The third kappa shape index (κ3) is 6.33. The van der Waals surface area contributed by atoms with E-state index in [4.69, 9.17) is 18.9 Å². The number of nitrogens with one attached hydrogen (secondary N) is 1. The van der Waals surface area contributed by atoms with Gasteiger partial charge in [-0.1, -0.05) is 19.1 Å². The van der Waals surface area contributed by atoms with Crippen LogP contribution in [0.15, 0.2) is 54.3 Å². The van der Waals surface area contributed by atoms with Crippen LogP contribution < -0.4 is 14.8 Å². The molecule has 2 amide bonds. The molecule has 7 heteroatoms. The summed E-state index contributed by atoms with van der Waals surface area (Å²) in [4.78, 5) is 15.1. The van der Waals surface area contributed by atoms with Gasteiger partial charge in [-0.3, -0.25) is 0 Å². The van der Waals surface area contributed by atoms with Crippen molar-refractivity contribution in [2.24, 2.45) is 0 Å². The minimum Gasteiger partial charge on any atom is -0.498 e. The Morgan fingerprint density at radius 3 is 2.56 bits per heavy atom. The smallest absolute Gasteiger partial charge is 0.322 e. The highest BCUT2D eigenvalue weighted by Gasteiger charge is 2.33. The second-order valence-corrected chi connectivity index (χ2v) is 8.59. The maximum atomic E-state index is 13.2. The molecule has 2 aromatic carbocycles. The number of allylic oxidation sites excluding steroid dienone is 2. The highest BCUT2D eigenvalue weighted by molar-refractivity contribution is 5.90. The first-order valence-corrected chi connectivity index (χ1v) is 12.4. The third-order valence-corrected chi connectivity index (χ3v) is 6.40. The van der Waals surface area contributed by atoms with E-state index >= 15 is 0 Å². The summed E-state index contributed by atoms with van der Waals surface area (Å²) < 4.78 is 21.5. The molecule has 0 aliphatic carbocycles. The number of benzene rings is 2. The number of nitrogens with zero attached hydrogens (tertiary/aromatic N) is 1. The molecule has 36 heavy (non-hydrogen) atoms. The van der Waals surface area contributed by atoms with Crippen LogP contribution in [0.3, 0.4) is 0 Å². The van der Waals surface area contributed by atoms with Crippen molar-refractivity contribution in [3.05, 3.63) is 71.0 Å². The SMILES string of the molecule is C/C=C(/OC)c1cccc(NC(=O)N2CCc3cc(OC)cc(OC)c3C2CC)c1.CC1=CCCO1. The van der Waals surface area contributed by atoms with Crippen molar-refractivity contribution in [1.82, 2.24) is 4.90 Å². The molecule has 194 valence electrons. The minimum atomic E-state index is -0.123. The summed E-state index contributed by atoms with van der Waals surface area (Å²) in [6, 6.07) is 11.4. The van der Waals surface area contributed by atoms with Crippen LogP contribution in [0.1, 0.15) is 56.3 Å². The molecular weight excluding hydrogens is 456 g/mol. The number of amides is 2. The zero-order valence-electron chi connectivity index (χ0n) is 22.2. The Bertz CT molecular complexity index is 1090. The first kappa shape index (κ1) is 27.0. The molecule has 0 saturated heterocycles. The number of fused-ring (bicyclic) bond motifs is 1. The number of methoxy groups -OCH3 is 3. The zero-order valence-corrected chi connectivity index (χ0v) is 22.2. The van der Waals surface area contributed by atoms with Crippen molar-refractivity contribution >= 4 is 17.5 Å². The Kier molecular flexibility index (Phi) is 9.68. The number of hydrogen-bond acceptors (Lipinski definition) is 5. The number of hydrogen-bond donors (Lipinski definition) is 1. The van der Waals surface area contributed by atoms with Crippen LogP contribution in [0.25, 0.3) is 5.76 Å².